The molecule has 4 rings (SSSR count). The van der Waals surface area contributed by atoms with Crippen molar-refractivity contribution in [3.8, 4) is 0 Å². The van der Waals surface area contributed by atoms with Gasteiger partial charge in [0.05, 0.1) is 17.8 Å². The largest absolute Gasteiger partial charge is 0.324 e. The Bertz CT molecular complexity index is 892. The van der Waals surface area contributed by atoms with E-state index in [9.17, 15) is 9.59 Å². The third-order valence-electron chi connectivity index (χ3n) is 5.36. The van der Waals surface area contributed by atoms with Gasteiger partial charge in [-0.25, -0.2) is 4.98 Å². The van der Waals surface area contributed by atoms with Crippen molar-refractivity contribution in [3.05, 3.63) is 62.8 Å². The number of carbonyl (C=O) groups excluding carboxylic acids is 1. The molecule has 0 spiro atoms. The first-order valence-electron chi connectivity index (χ1n) is 8.82. The van der Waals surface area contributed by atoms with Gasteiger partial charge in [-0.1, -0.05) is 45.0 Å². The Morgan fingerprint density at radius 1 is 1.16 bits per heavy atom. The summed E-state index contributed by atoms with van der Waals surface area (Å²) in [5.74, 6) is 0.412. The molecule has 2 atom stereocenters. The van der Waals surface area contributed by atoms with E-state index in [0.717, 1.165) is 12.8 Å². The topological polar surface area (TPSA) is 66.1 Å². The molecule has 5 heteroatoms. The van der Waals surface area contributed by atoms with Crippen LogP contribution in [0.2, 0.25) is 0 Å². The van der Waals surface area contributed by atoms with Crippen molar-refractivity contribution in [3.63, 3.8) is 0 Å². The summed E-state index contributed by atoms with van der Waals surface area (Å²) in [7, 11) is 0. The van der Waals surface area contributed by atoms with E-state index in [1.54, 1.807) is 6.92 Å². The zero-order valence-electron chi connectivity index (χ0n) is 15.1. The summed E-state index contributed by atoms with van der Waals surface area (Å²) in [6, 6.07) is 8.37. The minimum atomic E-state index is -0.335. The lowest BCUT2D eigenvalue weighted by atomic mass is 9.92. The lowest BCUT2D eigenvalue weighted by molar-refractivity contribution is 0.0693. The monoisotopic (exact) mass is 337 g/mol. The Kier molecular flexibility index (Phi) is 3.39. The normalized spacial score (nSPS) is 21.5. The van der Waals surface area contributed by atoms with E-state index in [-0.39, 0.29) is 34.5 Å². The van der Waals surface area contributed by atoms with Crippen molar-refractivity contribution < 1.29 is 4.79 Å². The van der Waals surface area contributed by atoms with Crippen LogP contribution in [0.5, 0.6) is 0 Å². The number of aromatic nitrogens is 2. The van der Waals surface area contributed by atoms with E-state index in [0.29, 0.717) is 11.5 Å². The Balaban J connectivity index is 1.76. The average molecular weight is 337 g/mol. The molecule has 1 saturated heterocycles. The molecule has 0 radical (unpaired) electrons. The number of aromatic amines is 1. The third-order valence-corrected chi connectivity index (χ3v) is 5.36. The van der Waals surface area contributed by atoms with Gasteiger partial charge in [-0.15, -0.1) is 0 Å². The highest BCUT2D eigenvalue weighted by molar-refractivity contribution is 5.96. The van der Waals surface area contributed by atoms with E-state index >= 15 is 0 Å². The highest BCUT2D eigenvalue weighted by Gasteiger charge is 2.47. The summed E-state index contributed by atoms with van der Waals surface area (Å²) in [5, 5.41) is 0. The molecule has 2 bridgehead atoms. The quantitative estimate of drug-likeness (QED) is 0.867. The first kappa shape index (κ1) is 16.1. The fourth-order valence-electron chi connectivity index (χ4n) is 4.14. The first-order chi connectivity index (χ1) is 11.8. The summed E-state index contributed by atoms with van der Waals surface area (Å²) in [5.41, 5.74) is 2.53. The number of hydrogen-bond acceptors (Lipinski definition) is 3. The molecular weight excluding hydrogens is 314 g/mol. The predicted octanol–water partition coefficient (Wildman–Crippen LogP) is 3.41. The van der Waals surface area contributed by atoms with Crippen molar-refractivity contribution in [1.29, 1.82) is 0 Å². The Morgan fingerprint density at radius 3 is 2.20 bits per heavy atom. The van der Waals surface area contributed by atoms with Gasteiger partial charge in [0.2, 0.25) is 0 Å². The van der Waals surface area contributed by atoms with Crippen LogP contribution in [0.15, 0.2) is 29.1 Å². The van der Waals surface area contributed by atoms with Crippen LogP contribution in [0, 0.1) is 6.92 Å². The molecule has 0 saturated carbocycles. The van der Waals surface area contributed by atoms with Gasteiger partial charge in [-0.05, 0) is 30.9 Å². The van der Waals surface area contributed by atoms with Crippen LogP contribution in [0.25, 0.3) is 0 Å². The lowest BCUT2D eigenvalue weighted by Crippen LogP contribution is -2.35. The van der Waals surface area contributed by atoms with Gasteiger partial charge in [0, 0.05) is 5.41 Å². The molecule has 25 heavy (non-hydrogen) atoms. The highest BCUT2D eigenvalue weighted by atomic mass is 16.2. The minimum absolute atomic E-state index is 0.0785. The summed E-state index contributed by atoms with van der Waals surface area (Å²) in [6.45, 7) is 7.72. The maximum absolute atomic E-state index is 13.2. The number of nitrogens with zero attached hydrogens (tertiary/aromatic N) is 2. The maximum Gasteiger partial charge on any atom is 0.264 e. The van der Waals surface area contributed by atoms with Crippen molar-refractivity contribution >= 4 is 5.91 Å². The lowest BCUT2D eigenvalue weighted by Gasteiger charge is -2.24. The van der Waals surface area contributed by atoms with E-state index in [1.165, 1.54) is 11.1 Å². The molecule has 1 N–H and O–H groups in total. The standard InChI is InChI=1S/C20H23N3O2/c1-11-16(17(24)22-19(21-11)20(2,3)4)18(25)23-14-9-10-15(23)13-8-6-5-7-12(13)14/h5-8,14-15H,9-10H2,1-4H3,(H,21,22,24). The number of fused-ring (bicyclic) bond motifs is 5. The van der Waals surface area contributed by atoms with Gasteiger partial charge < -0.3 is 9.88 Å². The summed E-state index contributed by atoms with van der Waals surface area (Å²) < 4.78 is 0. The molecule has 1 aromatic carbocycles. The molecule has 3 heterocycles. The Morgan fingerprint density at radius 2 is 1.72 bits per heavy atom. The zero-order chi connectivity index (χ0) is 17.9. The molecule has 1 fully saturated rings. The fraction of sp³-hybridized carbons (Fsp3) is 0.450. The number of rotatable bonds is 1. The molecule has 2 aliphatic heterocycles. The first-order valence-corrected chi connectivity index (χ1v) is 8.82. The Hall–Kier alpha value is -2.43. The smallest absolute Gasteiger partial charge is 0.264 e. The summed E-state index contributed by atoms with van der Waals surface area (Å²) >= 11 is 0. The van der Waals surface area contributed by atoms with Crippen molar-refractivity contribution in [2.24, 2.45) is 0 Å². The zero-order valence-corrected chi connectivity index (χ0v) is 15.1. The fourth-order valence-corrected chi connectivity index (χ4v) is 4.14. The van der Waals surface area contributed by atoms with Crippen molar-refractivity contribution in [1.82, 2.24) is 14.9 Å². The number of carbonyl (C=O) groups is 1. The molecule has 130 valence electrons. The van der Waals surface area contributed by atoms with Gasteiger partial charge in [0.25, 0.3) is 11.5 Å². The third kappa shape index (κ3) is 2.33. The van der Waals surface area contributed by atoms with E-state index in [4.69, 9.17) is 0 Å². The molecule has 0 aliphatic carbocycles. The van der Waals surface area contributed by atoms with E-state index in [1.807, 2.05) is 37.8 Å². The summed E-state index contributed by atoms with van der Waals surface area (Å²) in [6.07, 6.45) is 1.91. The van der Waals surface area contributed by atoms with Gasteiger partial charge in [-0.2, -0.15) is 0 Å². The number of H-pyrrole nitrogens is 1. The van der Waals surface area contributed by atoms with Gasteiger partial charge in [0.15, 0.2) is 0 Å². The van der Waals surface area contributed by atoms with Crippen LogP contribution in [-0.2, 0) is 5.41 Å². The number of hydrogen-bond donors (Lipinski definition) is 1. The van der Waals surface area contributed by atoms with Crippen LogP contribution in [0.1, 0.15) is 78.7 Å². The molecule has 2 aromatic rings. The molecule has 1 aromatic heterocycles. The second-order valence-electron chi connectivity index (χ2n) is 8.08. The van der Waals surface area contributed by atoms with Crippen molar-refractivity contribution in [2.75, 3.05) is 0 Å². The number of benzene rings is 1. The highest BCUT2D eigenvalue weighted by Crippen LogP contribution is 2.53. The van der Waals surface area contributed by atoms with Crippen LogP contribution in [0.4, 0.5) is 0 Å². The van der Waals surface area contributed by atoms with Crippen LogP contribution in [0.3, 0.4) is 0 Å². The van der Waals surface area contributed by atoms with Crippen LogP contribution < -0.4 is 5.56 Å². The minimum Gasteiger partial charge on any atom is -0.324 e. The maximum atomic E-state index is 13.2. The number of nitrogens with one attached hydrogen (secondary N) is 1. The van der Waals surface area contributed by atoms with Crippen LogP contribution in [-0.4, -0.2) is 20.8 Å². The average Bonchev–Trinajstić information content (AvgIpc) is 3.10. The Labute approximate surface area is 147 Å². The SMILES string of the molecule is Cc1nc(C(C)(C)C)[nH]c(=O)c1C(=O)N1C2CCC1c1ccccc12. The number of aryl methyl sites for hydroxylation is 1. The molecule has 5 nitrogen and oxygen atoms in total. The second-order valence-corrected chi connectivity index (χ2v) is 8.08. The molecular formula is C20H23N3O2. The molecule has 1 amide bonds. The van der Waals surface area contributed by atoms with Gasteiger partial charge in [-0.3, -0.25) is 9.59 Å². The van der Waals surface area contributed by atoms with Gasteiger partial charge in [0.1, 0.15) is 11.4 Å². The van der Waals surface area contributed by atoms with E-state index < -0.39 is 0 Å². The second kappa shape index (κ2) is 5.28. The number of amides is 1. The molecule has 2 aliphatic rings. The van der Waals surface area contributed by atoms with E-state index in [2.05, 4.69) is 22.1 Å². The summed E-state index contributed by atoms with van der Waals surface area (Å²) in [4.78, 5) is 35.1. The van der Waals surface area contributed by atoms with Gasteiger partial charge >= 0.3 is 0 Å². The predicted molar refractivity (Wildman–Crippen MR) is 95.6 cm³/mol. The van der Waals surface area contributed by atoms with Crippen LogP contribution >= 0.6 is 0 Å². The van der Waals surface area contributed by atoms with Crippen molar-refractivity contribution in [2.45, 2.75) is 58.0 Å². The molecule has 2 unspecified atom stereocenters.